The summed E-state index contributed by atoms with van der Waals surface area (Å²) in [4.78, 5) is 11.6. The van der Waals surface area contributed by atoms with Crippen LogP contribution < -0.4 is 0 Å². The van der Waals surface area contributed by atoms with Gasteiger partial charge in [0.05, 0.1) is 6.61 Å². The number of carbonyl (C=O) groups is 1. The molecule has 0 aromatic heterocycles. The van der Waals surface area contributed by atoms with E-state index in [9.17, 15) is 4.79 Å². The molecule has 0 heterocycles. The molecule has 1 rings (SSSR count). The molecule has 80 valence electrons. The first-order chi connectivity index (χ1) is 6.66. The van der Waals surface area contributed by atoms with Crippen LogP contribution in [0.3, 0.4) is 0 Å². The minimum absolute atomic E-state index is 0.106. The highest BCUT2D eigenvalue weighted by molar-refractivity contribution is 5.89. The Hall–Kier alpha value is -0.790. The summed E-state index contributed by atoms with van der Waals surface area (Å²) in [5.41, 5.74) is 0.910. The first-order valence-corrected chi connectivity index (χ1v) is 5.54. The Morgan fingerprint density at radius 3 is 2.93 bits per heavy atom. The van der Waals surface area contributed by atoms with Gasteiger partial charge in [-0.3, -0.25) is 0 Å². The standard InChI is InChI=1S/C12H20O2/c1-4-14-12(13)11-8-6-5-7-10(11)9(2)3/h8-10H,4-7H2,1-3H3. The van der Waals surface area contributed by atoms with Crippen LogP contribution in [0.25, 0.3) is 0 Å². The predicted molar refractivity (Wildman–Crippen MR) is 56.9 cm³/mol. The number of ether oxygens (including phenoxy) is 1. The number of hydrogen-bond acceptors (Lipinski definition) is 2. The molecule has 0 aromatic carbocycles. The molecule has 0 saturated carbocycles. The molecule has 0 N–H and O–H groups in total. The minimum Gasteiger partial charge on any atom is -0.463 e. The highest BCUT2D eigenvalue weighted by Gasteiger charge is 2.26. The van der Waals surface area contributed by atoms with E-state index in [4.69, 9.17) is 4.74 Å². The number of allylic oxidation sites excluding steroid dienone is 1. The van der Waals surface area contributed by atoms with Gasteiger partial charge >= 0.3 is 5.97 Å². The smallest absolute Gasteiger partial charge is 0.333 e. The molecule has 1 aliphatic rings. The number of rotatable bonds is 3. The van der Waals surface area contributed by atoms with E-state index in [2.05, 4.69) is 19.9 Å². The summed E-state index contributed by atoms with van der Waals surface area (Å²) in [6.07, 6.45) is 5.41. The molecular weight excluding hydrogens is 176 g/mol. The maximum absolute atomic E-state index is 11.6. The Morgan fingerprint density at radius 2 is 2.36 bits per heavy atom. The summed E-state index contributed by atoms with van der Waals surface area (Å²) < 4.78 is 5.05. The van der Waals surface area contributed by atoms with Gasteiger partial charge in [-0.1, -0.05) is 19.9 Å². The number of carbonyl (C=O) groups excluding carboxylic acids is 1. The molecule has 0 amide bonds. The average Bonchev–Trinajstić information content (AvgIpc) is 2.18. The van der Waals surface area contributed by atoms with Gasteiger partial charge in [-0.05, 0) is 38.0 Å². The molecule has 1 unspecified atom stereocenters. The molecule has 1 aliphatic carbocycles. The molecular formula is C12H20O2. The maximum atomic E-state index is 11.6. The van der Waals surface area contributed by atoms with Crippen LogP contribution in [0.4, 0.5) is 0 Å². The minimum atomic E-state index is -0.106. The van der Waals surface area contributed by atoms with E-state index in [1.807, 2.05) is 6.92 Å². The Bertz CT molecular complexity index is 228. The Labute approximate surface area is 86.3 Å². The summed E-state index contributed by atoms with van der Waals surface area (Å²) in [5, 5.41) is 0. The largest absolute Gasteiger partial charge is 0.463 e. The van der Waals surface area contributed by atoms with Crippen LogP contribution >= 0.6 is 0 Å². The summed E-state index contributed by atoms with van der Waals surface area (Å²) in [6.45, 7) is 6.67. The van der Waals surface area contributed by atoms with Gasteiger partial charge in [-0.15, -0.1) is 0 Å². The van der Waals surface area contributed by atoms with Gasteiger partial charge in [0.1, 0.15) is 0 Å². The van der Waals surface area contributed by atoms with E-state index in [0.717, 1.165) is 18.4 Å². The summed E-state index contributed by atoms with van der Waals surface area (Å²) >= 11 is 0. The molecule has 0 saturated heterocycles. The van der Waals surface area contributed by atoms with Crippen LogP contribution in [0.2, 0.25) is 0 Å². The highest BCUT2D eigenvalue weighted by atomic mass is 16.5. The van der Waals surface area contributed by atoms with E-state index in [0.29, 0.717) is 18.4 Å². The Morgan fingerprint density at radius 1 is 1.64 bits per heavy atom. The fraction of sp³-hybridized carbons (Fsp3) is 0.750. The molecule has 2 heteroatoms. The zero-order valence-corrected chi connectivity index (χ0v) is 9.38. The Kier molecular flexibility index (Phi) is 4.18. The van der Waals surface area contributed by atoms with Gasteiger partial charge in [0.2, 0.25) is 0 Å². The van der Waals surface area contributed by atoms with Crippen molar-refractivity contribution in [2.45, 2.75) is 40.0 Å². The lowest BCUT2D eigenvalue weighted by Gasteiger charge is -2.26. The average molecular weight is 196 g/mol. The second-order valence-corrected chi connectivity index (χ2v) is 4.16. The van der Waals surface area contributed by atoms with Gasteiger partial charge in [-0.25, -0.2) is 4.79 Å². The van der Waals surface area contributed by atoms with Crippen molar-refractivity contribution in [3.8, 4) is 0 Å². The predicted octanol–water partition coefficient (Wildman–Crippen LogP) is 2.93. The highest BCUT2D eigenvalue weighted by Crippen LogP contribution is 2.31. The van der Waals surface area contributed by atoms with Gasteiger partial charge in [-0.2, -0.15) is 0 Å². The van der Waals surface area contributed by atoms with Gasteiger partial charge in [0.25, 0.3) is 0 Å². The summed E-state index contributed by atoms with van der Waals surface area (Å²) in [7, 11) is 0. The van der Waals surface area contributed by atoms with Gasteiger partial charge < -0.3 is 4.74 Å². The van der Waals surface area contributed by atoms with Gasteiger partial charge in [0, 0.05) is 5.57 Å². The molecule has 1 atom stereocenters. The quantitative estimate of drug-likeness (QED) is 0.649. The van der Waals surface area contributed by atoms with Crippen molar-refractivity contribution in [1.82, 2.24) is 0 Å². The van der Waals surface area contributed by atoms with Crippen LogP contribution in [0, 0.1) is 11.8 Å². The van der Waals surface area contributed by atoms with Gasteiger partial charge in [0.15, 0.2) is 0 Å². The molecule has 0 aromatic rings. The van der Waals surface area contributed by atoms with Crippen molar-refractivity contribution in [2.75, 3.05) is 6.61 Å². The maximum Gasteiger partial charge on any atom is 0.333 e. The van der Waals surface area contributed by atoms with Crippen molar-refractivity contribution >= 4 is 5.97 Å². The molecule has 0 radical (unpaired) electrons. The number of esters is 1. The zero-order valence-electron chi connectivity index (χ0n) is 9.38. The third-order valence-electron chi connectivity index (χ3n) is 2.80. The SMILES string of the molecule is CCOC(=O)C1=CCCCC1C(C)C. The van der Waals surface area contributed by atoms with E-state index in [1.165, 1.54) is 6.42 Å². The lowest BCUT2D eigenvalue weighted by Crippen LogP contribution is -2.22. The third-order valence-corrected chi connectivity index (χ3v) is 2.80. The van der Waals surface area contributed by atoms with Crippen LogP contribution in [-0.4, -0.2) is 12.6 Å². The van der Waals surface area contributed by atoms with Crippen LogP contribution in [0.15, 0.2) is 11.6 Å². The third kappa shape index (κ3) is 2.60. The molecule has 0 fully saturated rings. The molecule has 0 aliphatic heterocycles. The summed E-state index contributed by atoms with van der Waals surface area (Å²) in [6, 6.07) is 0. The molecule has 0 bridgehead atoms. The van der Waals surface area contributed by atoms with Crippen LogP contribution in [0.5, 0.6) is 0 Å². The lowest BCUT2D eigenvalue weighted by molar-refractivity contribution is -0.139. The van der Waals surface area contributed by atoms with Crippen molar-refractivity contribution in [2.24, 2.45) is 11.8 Å². The van der Waals surface area contributed by atoms with Crippen LogP contribution in [0.1, 0.15) is 40.0 Å². The molecule has 0 spiro atoms. The van der Waals surface area contributed by atoms with Crippen molar-refractivity contribution in [1.29, 1.82) is 0 Å². The lowest BCUT2D eigenvalue weighted by atomic mass is 9.80. The fourth-order valence-electron chi connectivity index (χ4n) is 2.04. The van der Waals surface area contributed by atoms with E-state index >= 15 is 0 Å². The molecule has 2 nitrogen and oxygen atoms in total. The van der Waals surface area contributed by atoms with E-state index in [1.54, 1.807) is 0 Å². The molecule has 14 heavy (non-hydrogen) atoms. The second kappa shape index (κ2) is 5.18. The Balaban J connectivity index is 2.71. The van der Waals surface area contributed by atoms with E-state index < -0.39 is 0 Å². The van der Waals surface area contributed by atoms with Crippen molar-refractivity contribution in [3.63, 3.8) is 0 Å². The monoisotopic (exact) mass is 196 g/mol. The number of hydrogen-bond donors (Lipinski definition) is 0. The first kappa shape index (κ1) is 11.3. The topological polar surface area (TPSA) is 26.3 Å². The first-order valence-electron chi connectivity index (χ1n) is 5.54. The summed E-state index contributed by atoms with van der Waals surface area (Å²) in [5.74, 6) is 0.833. The fourth-order valence-corrected chi connectivity index (χ4v) is 2.04. The normalized spacial score (nSPS) is 22.0. The van der Waals surface area contributed by atoms with Crippen LogP contribution in [-0.2, 0) is 9.53 Å². The zero-order chi connectivity index (χ0) is 10.6. The van der Waals surface area contributed by atoms with Crippen molar-refractivity contribution in [3.05, 3.63) is 11.6 Å². The van der Waals surface area contributed by atoms with Crippen molar-refractivity contribution < 1.29 is 9.53 Å². The second-order valence-electron chi connectivity index (χ2n) is 4.16. The van der Waals surface area contributed by atoms with E-state index in [-0.39, 0.29) is 5.97 Å².